The molecule has 3 heterocycles. The van der Waals surface area contributed by atoms with Crippen LogP contribution in [0.3, 0.4) is 0 Å². The van der Waals surface area contributed by atoms with E-state index in [9.17, 15) is 0 Å². The molecule has 0 spiro atoms. The maximum atomic E-state index is 7.23. The van der Waals surface area contributed by atoms with Gasteiger partial charge in [-0.15, -0.1) is 54.1 Å². The van der Waals surface area contributed by atoms with Crippen molar-refractivity contribution in [1.29, 1.82) is 0 Å². The maximum absolute atomic E-state index is 7.23. The van der Waals surface area contributed by atoms with E-state index in [1.165, 1.54) is 16.8 Å². The Morgan fingerprint density at radius 2 is 1.68 bits per heavy atom. The Balaban J connectivity index is 0.000000192. The molecular formula is C32H28IrN2OSi-2. The second kappa shape index (κ2) is 11.3. The molecule has 3 aromatic carbocycles. The zero-order valence-electron chi connectivity index (χ0n) is 23.9. The molecule has 0 aliphatic carbocycles. The predicted molar refractivity (Wildman–Crippen MR) is 152 cm³/mol. The van der Waals surface area contributed by atoms with Crippen molar-refractivity contribution in [3.63, 3.8) is 0 Å². The summed E-state index contributed by atoms with van der Waals surface area (Å²) < 4.78 is 27.9. The summed E-state index contributed by atoms with van der Waals surface area (Å²) in [6, 6.07) is 33.5. The summed E-state index contributed by atoms with van der Waals surface area (Å²) in [5, 5.41) is 3.86. The fourth-order valence-electron chi connectivity index (χ4n) is 4.22. The van der Waals surface area contributed by atoms with Gasteiger partial charge in [0.1, 0.15) is 5.58 Å². The van der Waals surface area contributed by atoms with Gasteiger partial charge in [0.15, 0.2) is 0 Å². The van der Waals surface area contributed by atoms with Gasteiger partial charge in [-0.3, -0.25) is 0 Å². The first-order chi connectivity index (χ1) is 18.6. The number of aromatic nitrogens is 2. The van der Waals surface area contributed by atoms with Gasteiger partial charge in [0.25, 0.3) is 0 Å². The summed E-state index contributed by atoms with van der Waals surface area (Å²) in [7, 11) is -1.46. The fraction of sp³-hybridized carbons (Fsp3) is 0.125. The van der Waals surface area contributed by atoms with Crippen LogP contribution in [0, 0.1) is 19.0 Å². The van der Waals surface area contributed by atoms with E-state index in [0.29, 0.717) is 0 Å². The van der Waals surface area contributed by atoms with E-state index in [-0.39, 0.29) is 25.7 Å². The van der Waals surface area contributed by atoms with Crippen LogP contribution in [-0.4, -0.2) is 18.0 Å². The predicted octanol–water partition coefficient (Wildman–Crippen LogP) is 7.85. The normalized spacial score (nSPS) is 12.6. The largest absolute Gasteiger partial charge is 0.501 e. The average Bonchev–Trinajstić information content (AvgIpc) is 3.32. The zero-order valence-corrected chi connectivity index (χ0v) is 24.3. The zero-order chi connectivity index (χ0) is 27.6. The van der Waals surface area contributed by atoms with Crippen LogP contribution >= 0.6 is 0 Å². The van der Waals surface area contributed by atoms with E-state index < -0.39 is 14.9 Å². The second-order valence-corrected chi connectivity index (χ2v) is 14.6. The molecule has 5 heteroatoms. The van der Waals surface area contributed by atoms with Crippen LogP contribution in [0.15, 0.2) is 102 Å². The van der Waals surface area contributed by atoms with E-state index in [1.807, 2.05) is 42.5 Å². The molecule has 37 heavy (non-hydrogen) atoms. The molecule has 3 nitrogen and oxygen atoms in total. The van der Waals surface area contributed by atoms with Gasteiger partial charge in [-0.25, -0.2) is 0 Å². The Morgan fingerprint density at radius 3 is 2.35 bits per heavy atom. The van der Waals surface area contributed by atoms with Crippen LogP contribution in [0.4, 0.5) is 0 Å². The minimum absolute atomic E-state index is 0. The molecule has 0 N–H and O–H groups in total. The van der Waals surface area contributed by atoms with Gasteiger partial charge in [-0.1, -0.05) is 72.2 Å². The number of hydrogen-bond acceptors (Lipinski definition) is 3. The SMILES string of the molecule is C[Si](C)(C)c1cccc2oc3c(-c4ccccn4)[c-]ccc3c12.[2H]C([2H])([2H])c1ccc(-c2[c-]cccc2)nc1.[Ir]. The van der Waals surface area contributed by atoms with E-state index in [4.69, 9.17) is 8.53 Å². The fourth-order valence-corrected chi connectivity index (χ4v) is 5.83. The number of fused-ring (bicyclic) bond motifs is 3. The van der Waals surface area contributed by atoms with Gasteiger partial charge >= 0.3 is 0 Å². The number of nitrogens with zero attached hydrogens (tertiary/aromatic N) is 2. The molecule has 0 bridgehead atoms. The Hall–Kier alpha value is -3.37. The topological polar surface area (TPSA) is 38.9 Å². The Kier molecular flexibility index (Phi) is 6.99. The molecular weight excluding hydrogens is 649 g/mol. The van der Waals surface area contributed by atoms with Crippen molar-refractivity contribution in [2.75, 3.05) is 0 Å². The molecule has 0 atom stereocenters. The summed E-state index contributed by atoms with van der Waals surface area (Å²) in [6.07, 6.45) is 3.20. The van der Waals surface area contributed by atoms with E-state index in [0.717, 1.165) is 39.1 Å². The van der Waals surface area contributed by atoms with Crippen LogP contribution in [0.2, 0.25) is 19.6 Å². The van der Waals surface area contributed by atoms with Crippen LogP contribution in [0.25, 0.3) is 44.5 Å². The standard InChI is InChI=1S/C20H18NOSi.C12H10N.Ir/c1-23(2,3)18-12-7-11-17-19(18)15-9-6-8-14(20(15)22-17)16-10-4-5-13-21-16;1-10-7-8-12(13-9-10)11-5-3-2-4-6-11;/h4-7,9-13H,1-3H3;2-5,7-9H,1H3;/q2*-1;/i;1D3;. The van der Waals surface area contributed by atoms with Crippen LogP contribution in [-0.2, 0) is 20.1 Å². The molecule has 3 aromatic heterocycles. The minimum atomic E-state index is -2.09. The third-order valence-electron chi connectivity index (χ3n) is 5.93. The Labute approximate surface area is 237 Å². The molecule has 0 amide bonds. The molecule has 0 aliphatic rings. The summed E-state index contributed by atoms with van der Waals surface area (Å²) in [5.41, 5.74) is 5.51. The molecule has 0 unspecified atom stereocenters. The maximum Gasteiger partial charge on any atom is 0.120 e. The third-order valence-corrected chi connectivity index (χ3v) is 7.97. The smallest absolute Gasteiger partial charge is 0.120 e. The average molecular weight is 680 g/mol. The second-order valence-electron chi connectivity index (χ2n) is 9.55. The summed E-state index contributed by atoms with van der Waals surface area (Å²) in [4.78, 5) is 8.58. The first kappa shape index (κ1) is 22.8. The molecule has 1 radical (unpaired) electrons. The van der Waals surface area contributed by atoms with E-state index >= 15 is 0 Å². The van der Waals surface area contributed by atoms with Crippen molar-refractivity contribution in [3.05, 3.63) is 115 Å². The summed E-state index contributed by atoms with van der Waals surface area (Å²) in [6.45, 7) is 5.02. The van der Waals surface area contributed by atoms with Crippen molar-refractivity contribution in [2.24, 2.45) is 0 Å². The monoisotopic (exact) mass is 680 g/mol. The van der Waals surface area contributed by atoms with Gasteiger partial charge in [0.05, 0.1) is 13.7 Å². The van der Waals surface area contributed by atoms with Gasteiger partial charge in [-0.2, -0.15) is 0 Å². The van der Waals surface area contributed by atoms with Crippen molar-refractivity contribution in [2.45, 2.75) is 26.5 Å². The number of pyridine rings is 2. The molecule has 0 fully saturated rings. The van der Waals surface area contributed by atoms with Gasteiger partial charge in [0, 0.05) is 42.0 Å². The first-order valence-corrected chi connectivity index (χ1v) is 15.3. The van der Waals surface area contributed by atoms with Crippen LogP contribution in [0.1, 0.15) is 9.68 Å². The van der Waals surface area contributed by atoms with Crippen molar-refractivity contribution in [1.82, 2.24) is 9.97 Å². The van der Waals surface area contributed by atoms with Crippen molar-refractivity contribution < 1.29 is 28.6 Å². The number of rotatable bonds is 3. The Bertz CT molecular complexity index is 1710. The number of hydrogen-bond donors (Lipinski definition) is 0. The van der Waals surface area contributed by atoms with Gasteiger partial charge in [-0.05, 0) is 35.9 Å². The van der Waals surface area contributed by atoms with Crippen molar-refractivity contribution in [3.8, 4) is 22.5 Å². The van der Waals surface area contributed by atoms with E-state index in [2.05, 4.69) is 66.0 Å². The van der Waals surface area contributed by atoms with Crippen LogP contribution in [0.5, 0.6) is 0 Å². The molecule has 0 saturated carbocycles. The molecule has 6 rings (SSSR count). The minimum Gasteiger partial charge on any atom is -0.501 e. The van der Waals surface area contributed by atoms with Gasteiger partial charge < -0.3 is 14.4 Å². The molecule has 6 aromatic rings. The summed E-state index contributed by atoms with van der Waals surface area (Å²) >= 11 is 0. The van der Waals surface area contributed by atoms with Crippen molar-refractivity contribution >= 4 is 35.2 Å². The Morgan fingerprint density at radius 1 is 0.811 bits per heavy atom. The quantitative estimate of drug-likeness (QED) is 0.141. The summed E-state index contributed by atoms with van der Waals surface area (Å²) in [5.74, 6) is 0. The number of furan rings is 1. The number of benzene rings is 3. The third kappa shape index (κ3) is 5.80. The molecule has 0 saturated heterocycles. The first-order valence-electron chi connectivity index (χ1n) is 13.3. The van der Waals surface area contributed by atoms with Crippen LogP contribution < -0.4 is 5.19 Å². The number of aryl methyl sites for hydroxylation is 1. The molecule has 187 valence electrons. The van der Waals surface area contributed by atoms with Gasteiger partial charge in [0.2, 0.25) is 0 Å². The molecule has 0 aliphatic heterocycles. The van der Waals surface area contributed by atoms with E-state index in [1.54, 1.807) is 24.4 Å².